The number of hydrogen-bond donors (Lipinski definition) is 1. The van der Waals surface area contributed by atoms with Gasteiger partial charge in [0.15, 0.2) is 4.77 Å². The Hall–Kier alpha value is -1.58. The molecule has 2 nitrogen and oxygen atoms in total. The first-order valence-corrected chi connectivity index (χ1v) is 7.67. The van der Waals surface area contributed by atoms with Gasteiger partial charge in [-0.05, 0) is 41.4 Å². The number of aromatic nitrogens is 2. The van der Waals surface area contributed by atoms with Gasteiger partial charge in [0.2, 0.25) is 0 Å². The Balaban J connectivity index is 2.40. The molecule has 1 aromatic heterocycles. The molecule has 0 fully saturated rings. The molecule has 2 aromatic carbocycles. The standard InChI is InChI=1S/C17H17ClN2S/c1-17(2,3)11-7-4-5-9-13(11)20-14-10-6-8-12(18)15(14)19-16(20)21/h4-10H,1-3H3,(H,19,21). The third-order valence-electron chi connectivity index (χ3n) is 3.62. The maximum atomic E-state index is 6.27. The van der Waals surface area contributed by atoms with Gasteiger partial charge in [0.05, 0.1) is 21.7 Å². The Bertz CT molecular complexity index is 868. The summed E-state index contributed by atoms with van der Waals surface area (Å²) < 4.78 is 2.73. The summed E-state index contributed by atoms with van der Waals surface area (Å²) in [4.78, 5) is 3.22. The van der Waals surface area contributed by atoms with Gasteiger partial charge >= 0.3 is 0 Å². The van der Waals surface area contributed by atoms with Gasteiger partial charge in [-0.3, -0.25) is 4.57 Å². The van der Waals surface area contributed by atoms with E-state index in [0.717, 1.165) is 16.7 Å². The van der Waals surface area contributed by atoms with Crippen molar-refractivity contribution in [3.8, 4) is 5.69 Å². The molecule has 0 aliphatic carbocycles. The van der Waals surface area contributed by atoms with Crippen molar-refractivity contribution < 1.29 is 0 Å². The minimum absolute atomic E-state index is 0.0353. The normalized spacial score (nSPS) is 12.0. The number of para-hydroxylation sites is 2. The summed E-state index contributed by atoms with van der Waals surface area (Å²) >= 11 is 11.8. The number of halogens is 1. The number of fused-ring (bicyclic) bond motifs is 1. The number of aromatic amines is 1. The molecule has 0 aliphatic rings. The maximum absolute atomic E-state index is 6.27. The largest absolute Gasteiger partial charge is 0.329 e. The van der Waals surface area contributed by atoms with E-state index in [1.807, 2.05) is 24.3 Å². The SMILES string of the molecule is CC(C)(C)c1ccccc1-n1c(=S)[nH]c2c(Cl)cccc21. The quantitative estimate of drug-likeness (QED) is 0.576. The first-order chi connectivity index (χ1) is 9.89. The van der Waals surface area contributed by atoms with Crippen LogP contribution in [0, 0.1) is 4.77 Å². The Morgan fingerprint density at radius 3 is 2.48 bits per heavy atom. The fourth-order valence-corrected chi connectivity index (χ4v) is 3.15. The number of nitrogens with one attached hydrogen (secondary N) is 1. The average molecular weight is 317 g/mol. The first-order valence-electron chi connectivity index (χ1n) is 6.89. The molecule has 3 rings (SSSR count). The fourth-order valence-electron chi connectivity index (χ4n) is 2.64. The molecule has 0 atom stereocenters. The second kappa shape index (κ2) is 5.00. The third-order valence-corrected chi connectivity index (χ3v) is 4.22. The van der Waals surface area contributed by atoms with E-state index >= 15 is 0 Å². The van der Waals surface area contributed by atoms with Gasteiger partial charge in [-0.25, -0.2) is 0 Å². The lowest BCUT2D eigenvalue weighted by molar-refractivity contribution is 0.586. The molecule has 108 valence electrons. The van der Waals surface area contributed by atoms with E-state index in [1.54, 1.807) is 0 Å². The maximum Gasteiger partial charge on any atom is 0.182 e. The van der Waals surface area contributed by atoms with Crippen molar-refractivity contribution in [2.24, 2.45) is 0 Å². The van der Waals surface area contributed by atoms with Crippen LogP contribution in [0.5, 0.6) is 0 Å². The zero-order valence-corrected chi connectivity index (χ0v) is 13.8. The molecule has 1 N–H and O–H groups in total. The Morgan fingerprint density at radius 2 is 1.76 bits per heavy atom. The van der Waals surface area contributed by atoms with Crippen molar-refractivity contribution in [1.82, 2.24) is 9.55 Å². The van der Waals surface area contributed by atoms with Crippen LogP contribution in [0.15, 0.2) is 42.5 Å². The summed E-state index contributed by atoms with van der Waals surface area (Å²) in [5.74, 6) is 0. The van der Waals surface area contributed by atoms with Crippen LogP contribution in [-0.2, 0) is 5.41 Å². The molecule has 0 bridgehead atoms. The molecule has 0 radical (unpaired) electrons. The molecule has 1 heterocycles. The van der Waals surface area contributed by atoms with E-state index in [9.17, 15) is 0 Å². The van der Waals surface area contributed by atoms with Crippen LogP contribution in [0.3, 0.4) is 0 Å². The van der Waals surface area contributed by atoms with Crippen LogP contribution in [0.4, 0.5) is 0 Å². The number of H-pyrrole nitrogens is 1. The molecule has 4 heteroatoms. The summed E-state index contributed by atoms with van der Waals surface area (Å²) in [6.07, 6.45) is 0. The Kier molecular flexibility index (Phi) is 3.42. The Labute approximate surface area is 134 Å². The van der Waals surface area contributed by atoms with E-state index in [4.69, 9.17) is 23.8 Å². The van der Waals surface area contributed by atoms with Crippen molar-refractivity contribution >= 4 is 34.9 Å². The number of imidazole rings is 1. The highest BCUT2D eigenvalue weighted by Gasteiger charge is 2.20. The van der Waals surface area contributed by atoms with Crippen LogP contribution in [-0.4, -0.2) is 9.55 Å². The van der Waals surface area contributed by atoms with E-state index in [1.165, 1.54) is 5.56 Å². The lowest BCUT2D eigenvalue weighted by atomic mass is 9.86. The van der Waals surface area contributed by atoms with Crippen molar-refractivity contribution in [2.45, 2.75) is 26.2 Å². The summed E-state index contributed by atoms with van der Waals surface area (Å²) in [5.41, 5.74) is 4.27. The average Bonchev–Trinajstić information content (AvgIpc) is 2.75. The molecule has 21 heavy (non-hydrogen) atoms. The van der Waals surface area contributed by atoms with Crippen molar-refractivity contribution in [2.75, 3.05) is 0 Å². The van der Waals surface area contributed by atoms with Crippen molar-refractivity contribution in [3.63, 3.8) is 0 Å². The highest BCUT2D eigenvalue weighted by Crippen LogP contribution is 2.32. The number of hydrogen-bond acceptors (Lipinski definition) is 1. The van der Waals surface area contributed by atoms with Gasteiger partial charge in [-0.2, -0.15) is 0 Å². The van der Waals surface area contributed by atoms with Gasteiger partial charge in [-0.1, -0.05) is 56.6 Å². The molecule has 3 aromatic rings. The second-order valence-electron chi connectivity index (χ2n) is 6.17. The topological polar surface area (TPSA) is 20.7 Å². The summed E-state index contributed by atoms with van der Waals surface area (Å²) in [7, 11) is 0. The minimum Gasteiger partial charge on any atom is -0.329 e. The first kappa shape index (κ1) is 14.4. The molecular formula is C17H17ClN2S. The van der Waals surface area contributed by atoms with E-state index in [-0.39, 0.29) is 5.41 Å². The molecule has 0 spiro atoms. The molecule has 0 aliphatic heterocycles. The molecule has 0 amide bonds. The van der Waals surface area contributed by atoms with E-state index < -0.39 is 0 Å². The van der Waals surface area contributed by atoms with Gasteiger partial charge in [0, 0.05) is 0 Å². The van der Waals surface area contributed by atoms with Crippen molar-refractivity contribution in [1.29, 1.82) is 0 Å². The molecule has 0 unspecified atom stereocenters. The van der Waals surface area contributed by atoms with Gasteiger partial charge in [-0.15, -0.1) is 0 Å². The molecule has 0 saturated carbocycles. The third kappa shape index (κ3) is 2.41. The van der Waals surface area contributed by atoms with Crippen LogP contribution < -0.4 is 0 Å². The molecular weight excluding hydrogens is 300 g/mol. The number of nitrogens with zero attached hydrogens (tertiary/aromatic N) is 1. The monoisotopic (exact) mass is 316 g/mol. The lowest BCUT2D eigenvalue weighted by Crippen LogP contribution is -2.15. The highest BCUT2D eigenvalue weighted by atomic mass is 35.5. The van der Waals surface area contributed by atoms with Gasteiger partial charge in [0.1, 0.15) is 0 Å². The van der Waals surface area contributed by atoms with Crippen molar-refractivity contribution in [3.05, 3.63) is 57.8 Å². The summed E-state index contributed by atoms with van der Waals surface area (Å²) in [6.45, 7) is 6.62. The summed E-state index contributed by atoms with van der Waals surface area (Å²) in [6, 6.07) is 14.2. The van der Waals surface area contributed by atoms with Crippen LogP contribution in [0.2, 0.25) is 5.02 Å². The zero-order chi connectivity index (χ0) is 15.2. The predicted molar refractivity (Wildman–Crippen MR) is 92.2 cm³/mol. The van der Waals surface area contributed by atoms with Crippen LogP contribution >= 0.6 is 23.8 Å². The minimum atomic E-state index is 0.0353. The van der Waals surface area contributed by atoms with Gasteiger partial charge < -0.3 is 4.98 Å². The lowest BCUT2D eigenvalue weighted by Gasteiger charge is -2.23. The summed E-state index contributed by atoms with van der Waals surface area (Å²) in [5, 5.41) is 0.686. The second-order valence-corrected chi connectivity index (χ2v) is 6.96. The van der Waals surface area contributed by atoms with E-state index in [0.29, 0.717) is 9.79 Å². The van der Waals surface area contributed by atoms with Gasteiger partial charge in [0.25, 0.3) is 0 Å². The fraction of sp³-hybridized carbons (Fsp3) is 0.235. The zero-order valence-electron chi connectivity index (χ0n) is 12.3. The number of benzene rings is 2. The predicted octanol–water partition coefficient (Wildman–Crippen LogP) is 5.64. The van der Waals surface area contributed by atoms with Crippen LogP contribution in [0.1, 0.15) is 26.3 Å². The Morgan fingerprint density at radius 1 is 1.05 bits per heavy atom. The van der Waals surface area contributed by atoms with E-state index in [2.05, 4.69) is 48.5 Å². The highest BCUT2D eigenvalue weighted by molar-refractivity contribution is 7.71. The number of rotatable bonds is 1. The molecule has 0 saturated heterocycles. The van der Waals surface area contributed by atoms with Crippen LogP contribution in [0.25, 0.3) is 16.7 Å². The smallest absolute Gasteiger partial charge is 0.182 e.